The van der Waals surface area contributed by atoms with Gasteiger partial charge in [0.25, 0.3) is 0 Å². The molecule has 14 heavy (non-hydrogen) atoms. The van der Waals surface area contributed by atoms with Crippen molar-refractivity contribution in [2.24, 2.45) is 0 Å². The first-order chi connectivity index (χ1) is 6.79. The Morgan fingerprint density at radius 2 is 2.29 bits per heavy atom. The molecular weight excluding hydrogens is 198 g/mol. The Morgan fingerprint density at radius 1 is 1.50 bits per heavy atom. The fourth-order valence-electron chi connectivity index (χ4n) is 1.41. The predicted octanol–water partition coefficient (Wildman–Crippen LogP) is 2.60. The average Bonchev–Trinajstić information content (AvgIpc) is 2.99. The van der Waals surface area contributed by atoms with E-state index in [1.807, 2.05) is 18.2 Å². The van der Waals surface area contributed by atoms with E-state index in [1.165, 1.54) is 18.4 Å². The minimum Gasteiger partial charge on any atom is -0.496 e. The maximum atomic E-state index is 5.87. The summed E-state index contributed by atoms with van der Waals surface area (Å²) in [6, 6.07) is 6.48. The molecule has 1 fully saturated rings. The van der Waals surface area contributed by atoms with E-state index < -0.39 is 0 Å². The Morgan fingerprint density at radius 3 is 2.93 bits per heavy atom. The van der Waals surface area contributed by atoms with E-state index in [0.717, 1.165) is 23.4 Å². The summed E-state index contributed by atoms with van der Waals surface area (Å²) in [5.74, 6) is 0.866. The van der Waals surface area contributed by atoms with E-state index in [-0.39, 0.29) is 0 Å². The van der Waals surface area contributed by atoms with Gasteiger partial charge in [0.2, 0.25) is 0 Å². The Balaban J connectivity index is 2.05. The standard InChI is InChI=1S/C11H14ClNO/c1-14-11-6-9(12)3-2-8(11)7-13-10-4-5-10/h2-3,6,10,13H,4-5,7H2,1H3. The Hall–Kier alpha value is -0.730. The lowest BCUT2D eigenvalue weighted by Gasteiger charge is -2.09. The molecule has 0 unspecified atom stereocenters. The first-order valence-electron chi connectivity index (χ1n) is 4.85. The Labute approximate surface area is 89.2 Å². The minimum atomic E-state index is 0.718. The lowest BCUT2D eigenvalue weighted by atomic mass is 10.2. The molecule has 2 rings (SSSR count). The van der Waals surface area contributed by atoms with Crippen LogP contribution in [-0.4, -0.2) is 13.2 Å². The Bertz CT molecular complexity index is 323. The molecule has 1 aliphatic rings. The number of nitrogens with one attached hydrogen (secondary N) is 1. The summed E-state index contributed by atoms with van der Waals surface area (Å²) >= 11 is 5.87. The molecule has 1 aromatic carbocycles. The van der Waals surface area contributed by atoms with Crippen molar-refractivity contribution >= 4 is 11.6 Å². The zero-order chi connectivity index (χ0) is 9.97. The summed E-state index contributed by atoms with van der Waals surface area (Å²) in [5, 5.41) is 4.16. The van der Waals surface area contributed by atoms with Crippen LogP contribution >= 0.6 is 11.6 Å². The van der Waals surface area contributed by atoms with Crippen LogP contribution in [0.2, 0.25) is 5.02 Å². The topological polar surface area (TPSA) is 21.3 Å². The van der Waals surface area contributed by atoms with Gasteiger partial charge in [0.05, 0.1) is 7.11 Å². The van der Waals surface area contributed by atoms with E-state index in [9.17, 15) is 0 Å². The molecule has 1 N–H and O–H groups in total. The van der Waals surface area contributed by atoms with Crippen molar-refractivity contribution in [1.82, 2.24) is 5.32 Å². The van der Waals surface area contributed by atoms with Crippen LogP contribution in [0, 0.1) is 0 Å². The van der Waals surface area contributed by atoms with Crippen LogP contribution in [0.25, 0.3) is 0 Å². The fourth-order valence-corrected chi connectivity index (χ4v) is 1.57. The van der Waals surface area contributed by atoms with Gasteiger partial charge in [0, 0.05) is 23.2 Å². The molecule has 0 spiro atoms. The van der Waals surface area contributed by atoms with Crippen molar-refractivity contribution in [2.45, 2.75) is 25.4 Å². The molecule has 1 saturated carbocycles. The highest BCUT2D eigenvalue weighted by Gasteiger charge is 2.20. The molecule has 1 aliphatic carbocycles. The molecule has 0 aliphatic heterocycles. The number of methoxy groups -OCH3 is 1. The lowest BCUT2D eigenvalue weighted by Crippen LogP contribution is -2.15. The highest BCUT2D eigenvalue weighted by Crippen LogP contribution is 2.25. The van der Waals surface area contributed by atoms with E-state index in [0.29, 0.717) is 0 Å². The largest absolute Gasteiger partial charge is 0.496 e. The third-order valence-electron chi connectivity index (χ3n) is 2.41. The summed E-state index contributed by atoms with van der Waals surface area (Å²) in [4.78, 5) is 0. The number of benzene rings is 1. The van der Waals surface area contributed by atoms with Crippen molar-refractivity contribution < 1.29 is 4.74 Å². The van der Waals surface area contributed by atoms with Gasteiger partial charge in [-0.15, -0.1) is 0 Å². The van der Waals surface area contributed by atoms with Gasteiger partial charge in [-0.3, -0.25) is 0 Å². The van der Waals surface area contributed by atoms with E-state index >= 15 is 0 Å². The molecule has 2 nitrogen and oxygen atoms in total. The molecule has 0 amide bonds. The number of hydrogen-bond donors (Lipinski definition) is 1. The van der Waals surface area contributed by atoms with Gasteiger partial charge in [-0.05, 0) is 25.0 Å². The number of ether oxygens (including phenoxy) is 1. The van der Waals surface area contributed by atoms with E-state index in [4.69, 9.17) is 16.3 Å². The Kier molecular flexibility index (Phi) is 2.94. The monoisotopic (exact) mass is 211 g/mol. The molecule has 3 heteroatoms. The van der Waals surface area contributed by atoms with Crippen LogP contribution in [0.1, 0.15) is 18.4 Å². The van der Waals surface area contributed by atoms with Gasteiger partial charge in [-0.1, -0.05) is 17.7 Å². The van der Waals surface area contributed by atoms with Crippen LogP contribution in [0.3, 0.4) is 0 Å². The van der Waals surface area contributed by atoms with Gasteiger partial charge < -0.3 is 10.1 Å². The number of halogens is 1. The minimum absolute atomic E-state index is 0.718. The van der Waals surface area contributed by atoms with Gasteiger partial charge in [-0.2, -0.15) is 0 Å². The fraction of sp³-hybridized carbons (Fsp3) is 0.455. The molecule has 0 heterocycles. The second-order valence-corrected chi connectivity index (χ2v) is 4.05. The average molecular weight is 212 g/mol. The summed E-state index contributed by atoms with van der Waals surface area (Å²) in [7, 11) is 1.67. The van der Waals surface area contributed by atoms with Gasteiger partial charge in [0.1, 0.15) is 5.75 Å². The molecular formula is C11H14ClNO. The van der Waals surface area contributed by atoms with Gasteiger partial charge >= 0.3 is 0 Å². The van der Waals surface area contributed by atoms with Crippen LogP contribution in [0.5, 0.6) is 5.75 Å². The molecule has 76 valence electrons. The summed E-state index contributed by atoms with van der Waals surface area (Å²) in [5.41, 5.74) is 1.17. The third kappa shape index (κ3) is 2.40. The summed E-state index contributed by atoms with van der Waals surface area (Å²) in [6.07, 6.45) is 2.60. The van der Waals surface area contributed by atoms with Crippen molar-refractivity contribution in [2.75, 3.05) is 7.11 Å². The molecule has 0 atom stereocenters. The van der Waals surface area contributed by atoms with Crippen molar-refractivity contribution in [1.29, 1.82) is 0 Å². The highest BCUT2D eigenvalue weighted by atomic mass is 35.5. The third-order valence-corrected chi connectivity index (χ3v) is 2.64. The first kappa shape index (κ1) is 9.81. The SMILES string of the molecule is COc1cc(Cl)ccc1CNC1CC1. The second-order valence-electron chi connectivity index (χ2n) is 3.61. The van der Waals surface area contributed by atoms with Crippen molar-refractivity contribution in [3.8, 4) is 5.75 Å². The van der Waals surface area contributed by atoms with E-state index in [2.05, 4.69) is 5.32 Å². The quantitative estimate of drug-likeness (QED) is 0.827. The number of hydrogen-bond acceptors (Lipinski definition) is 2. The summed E-state index contributed by atoms with van der Waals surface area (Å²) < 4.78 is 5.25. The summed E-state index contributed by atoms with van der Waals surface area (Å²) in [6.45, 7) is 0.866. The van der Waals surface area contributed by atoms with Gasteiger partial charge in [0.15, 0.2) is 0 Å². The van der Waals surface area contributed by atoms with Gasteiger partial charge in [-0.25, -0.2) is 0 Å². The smallest absolute Gasteiger partial charge is 0.124 e. The maximum absolute atomic E-state index is 5.87. The van der Waals surface area contributed by atoms with Crippen LogP contribution in [-0.2, 0) is 6.54 Å². The molecule has 0 saturated heterocycles. The van der Waals surface area contributed by atoms with Crippen molar-refractivity contribution in [3.05, 3.63) is 28.8 Å². The second kappa shape index (κ2) is 4.20. The maximum Gasteiger partial charge on any atom is 0.124 e. The van der Waals surface area contributed by atoms with Crippen LogP contribution in [0.4, 0.5) is 0 Å². The normalized spacial score (nSPS) is 15.6. The van der Waals surface area contributed by atoms with E-state index in [1.54, 1.807) is 7.11 Å². The van der Waals surface area contributed by atoms with Crippen LogP contribution < -0.4 is 10.1 Å². The molecule has 0 radical (unpaired) electrons. The zero-order valence-electron chi connectivity index (χ0n) is 8.22. The number of rotatable bonds is 4. The highest BCUT2D eigenvalue weighted by molar-refractivity contribution is 6.30. The van der Waals surface area contributed by atoms with Crippen molar-refractivity contribution in [3.63, 3.8) is 0 Å². The molecule has 0 bridgehead atoms. The van der Waals surface area contributed by atoms with Crippen LogP contribution in [0.15, 0.2) is 18.2 Å². The lowest BCUT2D eigenvalue weighted by molar-refractivity contribution is 0.407. The zero-order valence-corrected chi connectivity index (χ0v) is 8.97. The first-order valence-corrected chi connectivity index (χ1v) is 5.23. The molecule has 0 aromatic heterocycles. The molecule has 1 aromatic rings. The predicted molar refractivity (Wildman–Crippen MR) is 57.9 cm³/mol.